The van der Waals surface area contributed by atoms with Gasteiger partial charge < -0.3 is 10.1 Å². The summed E-state index contributed by atoms with van der Waals surface area (Å²) in [5.74, 6) is -0.237. The summed E-state index contributed by atoms with van der Waals surface area (Å²) < 4.78 is 4.84. The van der Waals surface area contributed by atoms with Crippen LogP contribution < -0.4 is 5.32 Å². The van der Waals surface area contributed by atoms with Gasteiger partial charge in [-0.25, -0.2) is 4.79 Å². The fourth-order valence-electron chi connectivity index (χ4n) is 1.65. The first-order valence-corrected chi connectivity index (χ1v) is 5.75. The monoisotopic (exact) mass is 235 g/mol. The number of ether oxygens (including phenoxy) is 1. The molecule has 0 aliphatic rings. The van der Waals surface area contributed by atoms with E-state index in [1.165, 1.54) is 7.11 Å². The van der Waals surface area contributed by atoms with Crippen LogP contribution in [0.3, 0.4) is 0 Å². The van der Waals surface area contributed by atoms with Crippen molar-refractivity contribution in [3.8, 4) is 0 Å². The van der Waals surface area contributed by atoms with Crippen LogP contribution in [0.4, 0.5) is 5.69 Å². The zero-order valence-corrected chi connectivity index (χ0v) is 11.2. The molecule has 0 saturated heterocycles. The van der Waals surface area contributed by atoms with E-state index in [0.717, 1.165) is 11.3 Å². The second kappa shape index (κ2) is 5.21. The van der Waals surface area contributed by atoms with Crippen LogP contribution in [0.15, 0.2) is 24.3 Å². The van der Waals surface area contributed by atoms with E-state index in [-0.39, 0.29) is 17.4 Å². The Labute approximate surface area is 103 Å². The highest BCUT2D eigenvalue weighted by atomic mass is 16.5. The molecule has 1 N–H and O–H groups in total. The summed E-state index contributed by atoms with van der Waals surface area (Å²) in [6, 6.07) is 7.61. The molecule has 0 radical (unpaired) electrons. The fraction of sp³-hybridized carbons (Fsp3) is 0.500. The first-order valence-electron chi connectivity index (χ1n) is 5.75. The van der Waals surface area contributed by atoms with Crippen LogP contribution >= 0.6 is 0 Å². The van der Waals surface area contributed by atoms with Gasteiger partial charge in [0.2, 0.25) is 0 Å². The van der Waals surface area contributed by atoms with Crippen LogP contribution in [0.5, 0.6) is 0 Å². The molecule has 1 atom stereocenters. The highest BCUT2D eigenvalue weighted by molar-refractivity contribution is 5.80. The average Bonchev–Trinajstić information content (AvgIpc) is 2.23. The van der Waals surface area contributed by atoms with Crippen LogP contribution in [-0.2, 0) is 9.53 Å². The number of methoxy groups -OCH3 is 1. The molecular formula is C14H21NO2. The Morgan fingerprint density at radius 1 is 1.35 bits per heavy atom. The lowest BCUT2D eigenvalue weighted by Crippen LogP contribution is -2.41. The molecular weight excluding hydrogens is 214 g/mol. The number of esters is 1. The van der Waals surface area contributed by atoms with E-state index in [9.17, 15) is 4.79 Å². The molecule has 0 amide bonds. The van der Waals surface area contributed by atoms with E-state index in [4.69, 9.17) is 4.74 Å². The van der Waals surface area contributed by atoms with Gasteiger partial charge in [-0.15, -0.1) is 0 Å². The Bertz CT molecular complexity index is 393. The van der Waals surface area contributed by atoms with Crippen molar-refractivity contribution < 1.29 is 9.53 Å². The van der Waals surface area contributed by atoms with Gasteiger partial charge in [-0.05, 0) is 30.0 Å². The molecule has 0 spiro atoms. The van der Waals surface area contributed by atoms with Gasteiger partial charge in [-0.2, -0.15) is 0 Å². The predicted molar refractivity (Wildman–Crippen MR) is 70.1 cm³/mol. The largest absolute Gasteiger partial charge is 0.467 e. The summed E-state index contributed by atoms with van der Waals surface area (Å²) in [7, 11) is 1.42. The lowest BCUT2D eigenvalue weighted by molar-refractivity contribution is -0.143. The van der Waals surface area contributed by atoms with Gasteiger partial charge >= 0.3 is 5.97 Å². The van der Waals surface area contributed by atoms with Gasteiger partial charge in [0.25, 0.3) is 0 Å². The van der Waals surface area contributed by atoms with Crippen molar-refractivity contribution >= 4 is 11.7 Å². The van der Waals surface area contributed by atoms with E-state index in [1.54, 1.807) is 0 Å². The van der Waals surface area contributed by atoms with Crippen LogP contribution in [-0.4, -0.2) is 19.1 Å². The van der Waals surface area contributed by atoms with Crippen LogP contribution in [0.2, 0.25) is 0 Å². The van der Waals surface area contributed by atoms with Crippen molar-refractivity contribution in [3.05, 3.63) is 29.8 Å². The molecule has 94 valence electrons. The molecule has 1 aromatic rings. The fourth-order valence-corrected chi connectivity index (χ4v) is 1.65. The van der Waals surface area contributed by atoms with E-state index >= 15 is 0 Å². The maximum Gasteiger partial charge on any atom is 0.328 e. The second-order valence-corrected chi connectivity index (χ2v) is 5.34. The average molecular weight is 235 g/mol. The first kappa shape index (κ1) is 13.6. The number of benzene rings is 1. The molecule has 17 heavy (non-hydrogen) atoms. The SMILES string of the molecule is COC(=O)C(Nc1cccc(C)c1)C(C)(C)C. The van der Waals surface area contributed by atoms with E-state index < -0.39 is 0 Å². The van der Waals surface area contributed by atoms with E-state index in [0.29, 0.717) is 0 Å². The Balaban J connectivity index is 2.91. The summed E-state index contributed by atoms with van der Waals surface area (Å²) in [5.41, 5.74) is 1.90. The lowest BCUT2D eigenvalue weighted by atomic mass is 9.86. The molecule has 1 rings (SSSR count). The number of hydrogen-bond acceptors (Lipinski definition) is 3. The van der Waals surface area contributed by atoms with Crippen LogP contribution in [0, 0.1) is 12.3 Å². The van der Waals surface area contributed by atoms with Gasteiger partial charge in [0.05, 0.1) is 7.11 Å². The third-order valence-electron chi connectivity index (χ3n) is 2.63. The molecule has 1 aromatic carbocycles. The Kier molecular flexibility index (Phi) is 4.16. The predicted octanol–water partition coefficient (Wildman–Crippen LogP) is 2.99. The Hall–Kier alpha value is -1.51. The standard InChI is InChI=1S/C14H21NO2/c1-10-7-6-8-11(9-10)15-12(13(16)17-5)14(2,3)4/h6-9,12,15H,1-5H3. The number of hydrogen-bond donors (Lipinski definition) is 1. The molecule has 0 heterocycles. The molecule has 0 bridgehead atoms. The third-order valence-corrected chi connectivity index (χ3v) is 2.63. The summed E-state index contributed by atoms with van der Waals surface area (Å²) in [6.07, 6.45) is 0. The summed E-state index contributed by atoms with van der Waals surface area (Å²) in [4.78, 5) is 11.8. The van der Waals surface area contributed by atoms with Crippen LogP contribution in [0.25, 0.3) is 0 Å². The van der Waals surface area contributed by atoms with E-state index in [2.05, 4.69) is 5.32 Å². The zero-order valence-electron chi connectivity index (χ0n) is 11.2. The molecule has 0 fully saturated rings. The second-order valence-electron chi connectivity index (χ2n) is 5.34. The first-order chi connectivity index (χ1) is 7.84. The lowest BCUT2D eigenvalue weighted by Gasteiger charge is -2.29. The molecule has 3 heteroatoms. The van der Waals surface area contributed by atoms with Crippen molar-refractivity contribution in [2.24, 2.45) is 5.41 Å². The van der Waals surface area contributed by atoms with Crippen molar-refractivity contribution in [2.75, 3.05) is 12.4 Å². The van der Waals surface area contributed by atoms with Gasteiger partial charge in [-0.3, -0.25) is 0 Å². The molecule has 0 aromatic heterocycles. The molecule has 1 unspecified atom stereocenters. The molecule has 0 aliphatic carbocycles. The zero-order chi connectivity index (χ0) is 13.1. The minimum absolute atomic E-state index is 0.198. The van der Waals surface area contributed by atoms with Gasteiger partial charge in [-0.1, -0.05) is 32.9 Å². The number of rotatable bonds is 3. The highest BCUT2D eigenvalue weighted by Crippen LogP contribution is 2.24. The maximum atomic E-state index is 11.8. The van der Waals surface area contributed by atoms with Crippen molar-refractivity contribution in [2.45, 2.75) is 33.7 Å². The van der Waals surface area contributed by atoms with Gasteiger partial charge in [0.15, 0.2) is 0 Å². The van der Waals surface area contributed by atoms with Crippen molar-refractivity contribution in [3.63, 3.8) is 0 Å². The number of carbonyl (C=O) groups excluding carboxylic acids is 1. The number of aryl methyl sites for hydroxylation is 1. The minimum Gasteiger partial charge on any atom is -0.467 e. The minimum atomic E-state index is -0.353. The summed E-state index contributed by atoms with van der Waals surface area (Å²) in [6.45, 7) is 8.06. The Morgan fingerprint density at radius 3 is 2.47 bits per heavy atom. The third kappa shape index (κ3) is 3.77. The number of nitrogens with one attached hydrogen (secondary N) is 1. The Morgan fingerprint density at radius 2 is 2.00 bits per heavy atom. The smallest absolute Gasteiger partial charge is 0.328 e. The topological polar surface area (TPSA) is 38.3 Å². The summed E-state index contributed by atoms with van der Waals surface area (Å²) in [5, 5.41) is 3.24. The van der Waals surface area contributed by atoms with Gasteiger partial charge in [0, 0.05) is 5.69 Å². The highest BCUT2D eigenvalue weighted by Gasteiger charge is 2.32. The van der Waals surface area contributed by atoms with Crippen molar-refractivity contribution in [1.82, 2.24) is 0 Å². The van der Waals surface area contributed by atoms with Crippen molar-refractivity contribution in [1.29, 1.82) is 0 Å². The number of anilines is 1. The molecule has 3 nitrogen and oxygen atoms in total. The molecule has 0 aliphatic heterocycles. The van der Waals surface area contributed by atoms with Crippen LogP contribution in [0.1, 0.15) is 26.3 Å². The summed E-state index contributed by atoms with van der Waals surface area (Å²) >= 11 is 0. The normalized spacial score (nSPS) is 13.0. The maximum absolute atomic E-state index is 11.8. The quantitative estimate of drug-likeness (QED) is 0.818. The number of carbonyl (C=O) groups is 1. The molecule has 0 saturated carbocycles. The van der Waals surface area contributed by atoms with Gasteiger partial charge in [0.1, 0.15) is 6.04 Å². The van der Waals surface area contributed by atoms with E-state index in [1.807, 2.05) is 52.0 Å².